The Balaban J connectivity index is 2.49. The fraction of sp³-hybridized carbons (Fsp3) is 1.00. The zero-order valence-electron chi connectivity index (χ0n) is 9.63. The van der Waals surface area contributed by atoms with Gasteiger partial charge in [-0.25, -0.2) is 0 Å². The molecule has 78 valence electrons. The summed E-state index contributed by atoms with van der Waals surface area (Å²) in [5, 5.41) is 0. The van der Waals surface area contributed by atoms with Gasteiger partial charge in [0.1, 0.15) is 0 Å². The zero-order valence-corrected chi connectivity index (χ0v) is 9.63. The molecule has 2 heteroatoms. The Morgan fingerprint density at radius 2 is 1.77 bits per heavy atom. The van der Waals surface area contributed by atoms with Crippen LogP contribution in [-0.2, 0) is 4.74 Å². The van der Waals surface area contributed by atoms with Crippen LogP contribution >= 0.6 is 0 Å². The molecule has 1 aliphatic carbocycles. The fourth-order valence-electron chi connectivity index (χ4n) is 2.09. The summed E-state index contributed by atoms with van der Waals surface area (Å²) in [6, 6.07) is 0.624. The maximum atomic E-state index is 6.03. The van der Waals surface area contributed by atoms with Crippen LogP contribution in [0.4, 0.5) is 0 Å². The largest absolute Gasteiger partial charge is 0.371 e. The Labute approximate surface area is 82.3 Å². The molecule has 0 bridgehead atoms. The van der Waals surface area contributed by atoms with E-state index in [-0.39, 0.29) is 5.60 Å². The van der Waals surface area contributed by atoms with E-state index in [4.69, 9.17) is 4.74 Å². The minimum absolute atomic E-state index is 0.00324. The number of hydrogen-bond donors (Lipinski definition) is 0. The van der Waals surface area contributed by atoms with Crippen molar-refractivity contribution in [1.82, 2.24) is 4.90 Å². The topological polar surface area (TPSA) is 12.5 Å². The zero-order chi connectivity index (χ0) is 10.1. The fourth-order valence-corrected chi connectivity index (χ4v) is 2.09. The van der Waals surface area contributed by atoms with E-state index in [0.717, 1.165) is 0 Å². The van der Waals surface area contributed by atoms with E-state index in [2.05, 4.69) is 39.8 Å². The van der Waals surface area contributed by atoms with Gasteiger partial charge < -0.3 is 9.64 Å². The van der Waals surface area contributed by atoms with Crippen molar-refractivity contribution in [2.24, 2.45) is 0 Å². The average molecular weight is 185 g/mol. The lowest BCUT2D eigenvalue weighted by Gasteiger charge is -2.32. The van der Waals surface area contributed by atoms with Gasteiger partial charge in [0, 0.05) is 6.04 Å². The van der Waals surface area contributed by atoms with Crippen molar-refractivity contribution in [3.63, 3.8) is 0 Å². The van der Waals surface area contributed by atoms with E-state index in [9.17, 15) is 0 Å². The van der Waals surface area contributed by atoms with Gasteiger partial charge in [-0.15, -0.1) is 0 Å². The summed E-state index contributed by atoms with van der Waals surface area (Å²) in [6.07, 6.45) is 4.26. The van der Waals surface area contributed by atoms with E-state index in [1.807, 2.05) is 0 Å². The Morgan fingerprint density at radius 3 is 2.23 bits per heavy atom. The molecule has 0 amide bonds. The lowest BCUT2D eigenvalue weighted by atomic mass is 10.1. The van der Waals surface area contributed by atoms with Gasteiger partial charge in [0.2, 0.25) is 0 Å². The molecule has 0 spiro atoms. The SMILES string of the molecule is CN(C)C1CCC[C@H]1OC(C)(C)C. The van der Waals surface area contributed by atoms with Crippen molar-refractivity contribution >= 4 is 0 Å². The van der Waals surface area contributed by atoms with Crippen LogP contribution in [0.3, 0.4) is 0 Å². The first-order chi connectivity index (χ1) is 5.90. The normalized spacial score (nSPS) is 30.0. The molecule has 1 unspecified atom stereocenters. The monoisotopic (exact) mass is 185 g/mol. The third kappa shape index (κ3) is 3.28. The first-order valence-electron chi connectivity index (χ1n) is 5.24. The third-order valence-electron chi connectivity index (χ3n) is 2.59. The molecule has 0 aliphatic heterocycles. The van der Waals surface area contributed by atoms with Crippen molar-refractivity contribution in [1.29, 1.82) is 0 Å². The number of rotatable bonds is 2. The standard InChI is InChI=1S/C11H23NO/c1-11(2,3)13-10-8-6-7-9(10)12(4)5/h9-10H,6-8H2,1-5H3/t9?,10-/m1/s1. The lowest BCUT2D eigenvalue weighted by Crippen LogP contribution is -2.40. The molecule has 1 rings (SSSR count). The highest BCUT2D eigenvalue weighted by atomic mass is 16.5. The second kappa shape index (κ2) is 3.97. The molecule has 13 heavy (non-hydrogen) atoms. The Kier molecular flexibility index (Phi) is 3.36. The van der Waals surface area contributed by atoms with Gasteiger partial charge in [0.05, 0.1) is 11.7 Å². The van der Waals surface area contributed by atoms with Crippen molar-refractivity contribution in [3.05, 3.63) is 0 Å². The van der Waals surface area contributed by atoms with Gasteiger partial charge in [-0.05, 0) is 54.1 Å². The summed E-state index contributed by atoms with van der Waals surface area (Å²) in [4.78, 5) is 2.30. The maximum Gasteiger partial charge on any atom is 0.0737 e. The Hall–Kier alpha value is -0.0800. The first kappa shape index (κ1) is 11.0. The number of hydrogen-bond acceptors (Lipinski definition) is 2. The summed E-state index contributed by atoms with van der Waals surface area (Å²) >= 11 is 0. The van der Waals surface area contributed by atoms with Crippen molar-refractivity contribution < 1.29 is 4.74 Å². The molecule has 1 fully saturated rings. The van der Waals surface area contributed by atoms with E-state index >= 15 is 0 Å². The molecule has 0 heterocycles. The van der Waals surface area contributed by atoms with Gasteiger partial charge in [-0.2, -0.15) is 0 Å². The highest BCUT2D eigenvalue weighted by Crippen LogP contribution is 2.28. The van der Waals surface area contributed by atoms with Crippen LogP contribution in [-0.4, -0.2) is 36.7 Å². The van der Waals surface area contributed by atoms with Crippen LogP contribution in [0.2, 0.25) is 0 Å². The molecular formula is C11H23NO. The van der Waals surface area contributed by atoms with Gasteiger partial charge in [-0.1, -0.05) is 0 Å². The molecule has 0 radical (unpaired) electrons. The number of likely N-dealkylation sites (N-methyl/N-ethyl adjacent to an activating group) is 1. The van der Waals surface area contributed by atoms with Crippen LogP contribution in [0.1, 0.15) is 40.0 Å². The van der Waals surface area contributed by atoms with Crippen LogP contribution in [0, 0.1) is 0 Å². The summed E-state index contributed by atoms with van der Waals surface area (Å²) in [6.45, 7) is 6.41. The van der Waals surface area contributed by atoms with Crippen LogP contribution in [0.5, 0.6) is 0 Å². The van der Waals surface area contributed by atoms with E-state index in [0.29, 0.717) is 12.1 Å². The molecule has 2 atom stereocenters. The van der Waals surface area contributed by atoms with Gasteiger partial charge >= 0.3 is 0 Å². The molecule has 0 aromatic rings. The lowest BCUT2D eigenvalue weighted by molar-refractivity contribution is -0.0791. The summed E-state index contributed by atoms with van der Waals surface area (Å²) in [5.74, 6) is 0. The molecule has 0 aromatic heterocycles. The quantitative estimate of drug-likeness (QED) is 0.654. The second-order valence-electron chi connectivity index (χ2n) is 5.23. The molecule has 1 aliphatic rings. The molecule has 0 aromatic carbocycles. The molecule has 1 saturated carbocycles. The predicted octanol–water partition coefficient (Wildman–Crippen LogP) is 2.28. The van der Waals surface area contributed by atoms with Crippen molar-refractivity contribution in [3.8, 4) is 0 Å². The van der Waals surface area contributed by atoms with Crippen LogP contribution in [0.25, 0.3) is 0 Å². The van der Waals surface area contributed by atoms with Crippen LogP contribution < -0.4 is 0 Å². The predicted molar refractivity (Wildman–Crippen MR) is 56.0 cm³/mol. The first-order valence-corrected chi connectivity index (χ1v) is 5.24. The van der Waals surface area contributed by atoms with Gasteiger partial charge in [-0.3, -0.25) is 0 Å². The highest BCUT2D eigenvalue weighted by molar-refractivity contribution is 4.85. The molecule has 0 saturated heterocycles. The minimum atomic E-state index is 0.00324. The summed E-state index contributed by atoms with van der Waals surface area (Å²) in [5.41, 5.74) is 0.00324. The van der Waals surface area contributed by atoms with Crippen molar-refractivity contribution in [2.75, 3.05) is 14.1 Å². The maximum absolute atomic E-state index is 6.03. The van der Waals surface area contributed by atoms with E-state index < -0.39 is 0 Å². The summed E-state index contributed by atoms with van der Waals surface area (Å²) in [7, 11) is 4.30. The van der Waals surface area contributed by atoms with Crippen molar-refractivity contribution in [2.45, 2.75) is 57.8 Å². The highest BCUT2D eigenvalue weighted by Gasteiger charge is 2.32. The third-order valence-corrected chi connectivity index (χ3v) is 2.59. The van der Waals surface area contributed by atoms with Gasteiger partial charge in [0.25, 0.3) is 0 Å². The molecular weight excluding hydrogens is 162 g/mol. The second-order valence-corrected chi connectivity index (χ2v) is 5.23. The summed E-state index contributed by atoms with van der Waals surface area (Å²) < 4.78 is 6.03. The Morgan fingerprint density at radius 1 is 1.15 bits per heavy atom. The molecule has 0 N–H and O–H groups in total. The Bertz CT molecular complexity index is 160. The number of ether oxygens (including phenoxy) is 1. The average Bonchev–Trinajstić information content (AvgIpc) is 2.31. The van der Waals surface area contributed by atoms with Gasteiger partial charge in [0.15, 0.2) is 0 Å². The minimum Gasteiger partial charge on any atom is -0.371 e. The van der Waals surface area contributed by atoms with Crippen LogP contribution in [0.15, 0.2) is 0 Å². The van der Waals surface area contributed by atoms with E-state index in [1.165, 1.54) is 19.3 Å². The van der Waals surface area contributed by atoms with E-state index in [1.54, 1.807) is 0 Å². The number of nitrogens with zero attached hydrogens (tertiary/aromatic N) is 1. The smallest absolute Gasteiger partial charge is 0.0737 e. The molecule has 2 nitrogen and oxygen atoms in total.